The van der Waals surface area contributed by atoms with E-state index >= 15 is 0 Å². The number of carbonyl (C=O) groups is 1. The first kappa shape index (κ1) is 27.6. The number of carbonyl (C=O) groups excluding carboxylic acids is 1. The Labute approximate surface area is 245 Å². The maximum Gasteiger partial charge on any atom is 0.355 e. The third kappa shape index (κ3) is 4.35. The first-order valence-corrected chi connectivity index (χ1v) is 13.9. The molecule has 3 aromatic heterocycles. The SMILES string of the molecule is C=CC(=O)N1CCN2c3nc(=O)n(-c4c(C)ccnc4C(C)C)c4nc(-c5cc(F)ccc5O)c(Cl)c(c34)OC[C@@H]2C1. The Morgan fingerprint density at radius 3 is 2.79 bits per heavy atom. The highest BCUT2D eigenvalue weighted by Crippen LogP contribution is 2.46. The second-order valence-corrected chi connectivity index (χ2v) is 11.1. The quantitative estimate of drug-likeness (QED) is 0.349. The number of aromatic nitrogens is 4. The molecule has 1 amide bonds. The molecular formula is C30H28ClFN6O4. The first-order valence-electron chi connectivity index (χ1n) is 13.5. The molecule has 0 spiro atoms. The number of hydrogen-bond acceptors (Lipinski definition) is 8. The van der Waals surface area contributed by atoms with Crippen molar-refractivity contribution in [3.63, 3.8) is 0 Å². The van der Waals surface area contributed by atoms with Gasteiger partial charge < -0.3 is 19.6 Å². The normalized spacial score (nSPS) is 16.3. The summed E-state index contributed by atoms with van der Waals surface area (Å²) in [6.45, 7) is 10.6. The van der Waals surface area contributed by atoms with Crippen molar-refractivity contribution >= 4 is 34.4 Å². The van der Waals surface area contributed by atoms with Crippen molar-refractivity contribution in [2.75, 3.05) is 31.1 Å². The van der Waals surface area contributed by atoms with E-state index in [0.29, 0.717) is 42.2 Å². The molecule has 4 aromatic rings. The summed E-state index contributed by atoms with van der Waals surface area (Å²) in [5, 5.41) is 11.1. The van der Waals surface area contributed by atoms with Crippen LogP contribution in [0.25, 0.3) is 28.0 Å². The van der Waals surface area contributed by atoms with E-state index in [1.807, 2.05) is 25.7 Å². The van der Waals surface area contributed by atoms with Crippen LogP contribution in [0.1, 0.15) is 31.0 Å². The van der Waals surface area contributed by atoms with E-state index in [1.165, 1.54) is 16.7 Å². The van der Waals surface area contributed by atoms with Crippen molar-refractivity contribution in [1.29, 1.82) is 0 Å². The fourth-order valence-corrected chi connectivity index (χ4v) is 5.96. The highest BCUT2D eigenvalue weighted by molar-refractivity contribution is 6.36. The Morgan fingerprint density at radius 1 is 1.26 bits per heavy atom. The van der Waals surface area contributed by atoms with Gasteiger partial charge in [0.25, 0.3) is 0 Å². The third-order valence-corrected chi connectivity index (χ3v) is 8.05. The number of phenolic OH excluding ortho intramolecular Hbond substituents is 1. The molecule has 2 aliphatic rings. The van der Waals surface area contributed by atoms with Crippen LogP contribution in [0.5, 0.6) is 11.5 Å². The van der Waals surface area contributed by atoms with Crippen molar-refractivity contribution in [2.24, 2.45) is 0 Å². The topological polar surface area (TPSA) is 114 Å². The molecule has 0 bridgehead atoms. The molecule has 42 heavy (non-hydrogen) atoms. The van der Waals surface area contributed by atoms with Crippen LogP contribution in [0.3, 0.4) is 0 Å². The fourth-order valence-electron chi connectivity index (χ4n) is 5.67. The lowest BCUT2D eigenvalue weighted by molar-refractivity contribution is -0.126. The Morgan fingerprint density at radius 2 is 2.05 bits per heavy atom. The molecule has 1 saturated heterocycles. The largest absolute Gasteiger partial charge is 0.507 e. The molecule has 10 nitrogen and oxygen atoms in total. The number of fused-ring (bicyclic) bond motifs is 2. The summed E-state index contributed by atoms with van der Waals surface area (Å²) in [4.78, 5) is 44.0. The van der Waals surface area contributed by atoms with Gasteiger partial charge in [-0.05, 0) is 48.7 Å². The fraction of sp³-hybridized carbons (Fsp3) is 0.300. The zero-order valence-electron chi connectivity index (χ0n) is 23.3. The number of hydrogen-bond donors (Lipinski definition) is 1. The van der Waals surface area contributed by atoms with Crippen LogP contribution in [0.2, 0.25) is 5.02 Å². The standard InChI is InChI=1S/C30H28ClFN6O4/c1-5-21(40)36-10-11-37-18(13-36)14-42-27-22-28(37)35-30(41)38(26-16(4)8-9-33-24(26)15(2)3)29(22)34-25(23(27)31)19-12-17(32)6-7-20(19)39/h5-9,12,15,18,39H,1,10-11,13-14H2,2-4H3/t18-/m0/s1. The first-order chi connectivity index (χ1) is 20.1. The second kappa shape index (κ2) is 10.4. The molecule has 0 aliphatic carbocycles. The second-order valence-electron chi connectivity index (χ2n) is 10.7. The van der Waals surface area contributed by atoms with Gasteiger partial charge >= 0.3 is 5.69 Å². The summed E-state index contributed by atoms with van der Waals surface area (Å²) in [7, 11) is 0. The highest BCUT2D eigenvalue weighted by Gasteiger charge is 2.37. The van der Waals surface area contributed by atoms with Gasteiger partial charge in [0.05, 0.1) is 23.1 Å². The number of nitrogens with zero attached hydrogens (tertiary/aromatic N) is 6. The van der Waals surface area contributed by atoms with Gasteiger partial charge in [-0.2, -0.15) is 4.98 Å². The number of phenols is 1. The minimum atomic E-state index is -0.602. The average molecular weight is 591 g/mol. The smallest absolute Gasteiger partial charge is 0.355 e. The van der Waals surface area contributed by atoms with E-state index in [-0.39, 0.29) is 57.9 Å². The Kier molecular flexibility index (Phi) is 6.84. The summed E-state index contributed by atoms with van der Waals surface area (Å²) in [5.41, 5.74) is 1.60. The molecule has 1 aromatic carbocycles. The molecule has 5 heterocycles. The number of rotatable bonds is 4. The molecule has 0 unspecified atom stereocenters. The molecule has 12 heteroatoms. The summed E-state index contributed by atoms with van der Waals surface area (Å²) in [5.74, 6) is -0.583. The monoisotopic (exact) mass is 590 g/mol. The summed E-state index contributed by atoms with van der Waals surface area (Å²) < 4.78 is 22.1. The van der Waals surface area contributed by atoms with Crippen LogP contribution in [0.15, 0.2) is 47.9 Å². The molecule has 216 valence electrons. The van der Waals surface area contributed by atoms with Crippen LogP contribution in [0.4, 0.5) is 10.2 Å². The van der Waals surface area contributed by atoms with Crippen molar-refractivity contribution in [3.05, 3.63) is 75.7 Å². The summed E-state index contributed by atoms with van der Waals surface area (Å²) >= 11 is 6.93. The lowest BCUT2D eigenvalue weighted by Gasteiger charge is -2.40. The number of piperazine rings is 1. The molecule has 0 saturated carbocycles. The van der Waals surface area contributed by atoms with Gasteiger partial charge in [-0.25, -0.2) is 18.7 Å². The predicted molar refractivity (Wildman–Crippen MR) is 157 cm³/mol. The highest BCUT2D eigenvalue weighted by atomic mass is 35.5. The third-order valence-electron chi connectivity index (χ3n) is 7.70. The van der Waals surface area contributed by atoms with Gasteiger partial charge in [0, 0.05) is 31.4 Å². The van der Waals surface area contributed by atoms with Crippen LogP contribution in [0, 0.1) is 12.7 Å². The molecule has 1 atom stereocenters. The van der Waals surface area contributed by atoms with Crippen LogP contribution < -0.4 is 15.3 Å². The molecule has 1 N–H and O–H groups in total. The predicted octanol–water partition coefficient (Wildman–Crippen LogP) is 4.37. The maximum absolute atomic E-state index is 14.4. The molecule has 6 rings (SSSR count). The van der Waals surface area contributed by atoms with E-state index in [2.05, 4.69) is 16.5 Å². The van der Waals surface area contributed by atoms with Crippen molar-refractivity contribution in [1.82, 2.24) is 24.4 Å². The Balaban J connectivity index is 1.71. The molecular weight excluding hydrogens is 563 g/mol. The van der Waals surface area contributed by atoms with Gasteiger partial charge in [-0.1, -0.05) is 32.0 Å². The van der Waals surface area contributed by atoms with E-state index in [0.717, 1.165) is 17.7 Å². The molecule has 2 aliphatic heterocycles. The van der Waals surface area contributed by atoms with Crippen molar-refractivity contribution < 1.29 is 19.0 Å². The van der Waals surface area contributed by atoms with E-state index in [1.54, 1.807) is 17.2 Å². The minimum Gasteiger partial charge on any atom is -0.507 e. The van der Waals surface area contributed by atoms with Gasteiger partial charge in [0.1, 0.15) is 34.4 Å². The number of halogens is 2. The van der Waals surface area contributed by atoms with Gasteiger partial charge in [-0.15, -0.1) is 0 Å². The van der Waals surface area contributed by atoms with Gasteiger partial charge in [0.15, 0.2) is 11.4 Å². The number of pyridine rings is 2. The number of amides is 1. The number of ether oxygens (including phenoxy) is 1. The zero-order chi connectivity index (χ0) is 29.9. The number of anilines is 1. The number of benzene rings is 1. The van der Waals surface area contributed by atoms with Crippen LogP contribution in [-0.2, 0) is 4.79 Å². The van der Waals surface area contributed by atoms with Crippen molar-refractivity contribution in [2.45, 2.75) is 32.7 Å². The van der Waals surface area contributed by atoms with E-state index in [9.17, 15) is 19.1 Å². The molecule has 1 fully saturated rings. The summed E-state index contributed by atoms with van der Waals surface area (Å²) in [6, 6.07) is 4.91. The number of aromatic hydroxyl groups is 1. The number of aryl methyl sites for hydroxylation is 1. The van der Waals surface area contributed by atoms with Crippen molar-refractivity contribution in [3.8, 4) is 28.4 Å². The van der Waals surface area contributed by atoms with Gasteiger partial charge in [0.2, 0.25) is 5.91 Å². The van der Waals surface area contributed by atoms with Crippen LogP contribution >= 0.6 is 11.6 Å². The van der Waals surface area contributed by atoms with E-state index in [4.69, 9.17) is 21.3 Å². The molecule has 0 radical (unpaired) electrons. The lowest BCUT2D eigenvalue weighted by atomic mass is 10.0. The maximum atomic E-state index is 14.4. The minimum absolute atomic E-state index is 0.0301. The van der Waals surface area contributed by atoms with Gasteiger partial charge in [-0.3, -0.25) is 9.78 Å². The Bertz CT molecular complexity index is 1840. The lowest BCUT2D eigenvalue weighted by Crippen LogP contribution is -2.56. The van der Waals surface area contributed by atoms with E-state index < -0.39 is 11.5 Å². The van der Waals surface area contributed by atoms with Crippen LogP contribution in [-0.4, -0.2) is 67.7 Å². The summed E-state index contributed by atoms with van der Waals surface area (Å²) in [6.07, 6.45) is 2.95. The Hall–Kier alpha value is -4.51. The average Bonchev–Trinajstić information content (AvgIpc) is 3.13. The zero-order valence-corrected chi connectivity index (χ0v) is 24.0.